The van der Waals surface area contributed by atoms with Gasteiger partial charge in [0.2, 0.25) is 0 Å². The molecule has 0 N–H and O–H groups in total. The molecular weight excluding hydrogens is 254 g/mol. The lowest BCUT2D eigenvalue weighted by Crippen LogP contribution is -1.96. The largest absolute Gasteiger partial charge is 0.489 e. The number of benzene rings is 2. The van der Waals surface area contributed by atoms with E-state index < -0.39 is 4.92 Å². The monoisotopic (exact) mass is 263 g/mol. The molecule has 0 amide bonds. The maximum Gasteiger partial charge on any atom is 0.269 e. The molecule has 2 aromatic carbocycles. The van der Waals surface area contributed by atoms with Gasteiger partial charge in [-0.25, -0.2) is 0 Å². The van der Waals surface area contributed by atoms with E-state index >= 15 is 0 Å². The van der Waals surface area contributed by atoms with Crippen molar-refractivity contribution in [2.45, 2.75) is 6.61 Å². The fourth-order valence-corrected chi connectivity index (χ4v) is 1.66. The fraction of sp³-hybridized carbons (Fsp3) is 0.0769. The first-order valence-corrected chi connectivity index (χ1v) is 5.64. The molecule has 0 heterocycles. The van der Waals surface area contributed by atoms with Crippen molar-refractivity contribution >= 4 is 17.3 Å². The van der Waals surface area contributed by atoms with Crippen molar-refractivity contribution in [1.82, 2.24) is 0 Å². The normalized spacial score (nSPS) is 10.1. The zero-order chi connectivity index (χ0) is 13.0. The van der Waals surface area contributed by atoms with Crippen molar-refractivity contribution in [2.24, 2.45) is 0 Å². The second-order valence-electron chi connectivity index (χ2n) is 3.67. The van der Waals surface area contributed by atoms with E-state index in [4.69, 9.17) is 16.3 Å². The number of non-ortho nitro benzene ring substituents is 1. The number of rotatable bonds is 4. The molecule has 0 aliphatic rings. The zero-order valence-corrected chi connectivity index (χ0v) is 10.1. The van der Waals surface area contributed by atoms with E-state index in [1.165, 1.54) is 12.1 Å². The lowest BCUT2D eigenvalue weighted by Gasteiger charge is -2.06. The van der Waals surface area contributed by atoms with Gasteiger partial charge in [0, 0.05) is 17.2 Å². The highest BCUT2D eigenvalue weighted by Gasteiger charge is 2.05. The molecule has 0 aromatic heterocycles. The molecule has 0 aliphatic heterocycles. The van der Waals surface area contributed by atoms with Crippen LogP contribution >= 0.6 is 11.6 Å². The molecule has 0 unspecified atom stereocenters. The summed E-state index contributed by atoms with van der Waals surface area (Å²) in [6, 6.07) is 13.4. The number of hydrogen-bond acceptors (Lipinski definition) is 3. The summed E-state index contributed by atoms with van der Waals surface area (Å²) in [7, 11) is 0. The summed E-state index contributed by atoms with van der Waals surface area (Å²) < 4.78 is 5.50. The number of nitrogens with zero attached hydrogens (tertiary/aromatic N) is 1. The molecule has 0 atom stereocenters. The molecule has 0 saturated carbocycles. The minimum atomic E-state index is -0.428. The third-order valence-corrected chi connectivity index (χ3v) is 2.56. The summed E-state index contributed by atoms with van der Waals surface area (Å²) >= 11 is 5.82. The summed E-state index contributed by atoms with van der Waals surface area (Å²) in [6.07, 6.45) is 0. The van der Waals surface area contributed by atoms with E-state index in [1.807, 2.05) is 0 Å². The molecule has 0 saturated heterocycles. The highest BCUT2D eigenvalue weighted by molar-refractivity contribution is 6.30. The molecular formula is C13H10ClNO3. The van der Waals surface area contributed by atoms with Crippen LogP contribution in [0.15, 0.2) is 48.5 Å². The van der Waals surface area contributed by atoms with Crippen LogP contribution in [0.1, 0.15) is 5.56 Å². The Hall–Kier alpha value is -2.07. The van der Waals surface area contributed by atoms with Crippen LogP contribution in [0.4, 0.5) is 5.69 Å². The second kappa shape index (κ2) is 5.51. The molecule has 18 heavy (non-hydrogen) atoms. The van der Waals surface area contributed by atoms with E-state index in [-0.39, 0.29) is 12.3 Å². The summed E-state index contributed by atoms with van der Waals surface area (Å²) in [5, 5.41) is 11.2. The zero-order valence-electron chi connectivity index (χ0n) is 9.38. The quantitative estimate of drug-likeness (QED) is 0.622. The summed E-state index contributed by atoms with van der Waals surface area (Å²) in [4.78, 5) is 10.2. The Morgan fingerprint density at radius 3 is 2.67 bits per heavy atom. The maximum atomic E-state index is 10.6. The molecule has 92 valence electrons. The molecule has 0 fully saturated rings. The molecule has 4 nitrogen and oxygen atoms in total. The summed E-state index contributed by atoms with van der Waals surface area (Å²) in [6.45, 7) is 0.266. The van der Waals surface area contributed by atoms with Crippen molar-refractivity contribution in [1.29, 1.82) is 0 Å². The van der Waals surface area contributed by atoms with Gasteiger partial charge in [-0.15, -0.1) is 0 Å². The Balaban J connectivity index is 2.06. The van der Waals surface area contributed by atoms with Gasteiger partial charge in [0.05, 0.1) is 4.92 Å². The van der Waals surface area contributed by atoms with Crippen LogP contribution in [-0.4, -0.2) is 4.92 Å². The molecule has 0 spiro atoms. The molecule has 0 bridgehead atoms. The minimum absolute atomic E-state index is 0.0576. The van der Waals surface area contributed by atoms with Crippen LogP contribution in [0.25, 0.3) is 0 Å². The highest BCUT2D eigenvalue weighted by atomic mass is 35.5. The third-order valence-electron chi connectivity index (χ3n) is 2.32. The predicted octanol–water partition coefficient (Wildman–Crippen LogP) is 3.83. The average molecular weight is 264 g/mol. The molecule has 2 aromatic rings. The molecule has 0 aliphatic carbocycles. The van der Waals surface area contributed by atoms with E-state index in [0.29, 0.717) is 10.8 Å². The summed E-state index contributed by atoms with van der Waals surface area (Å²) in [5.41, 5.74) is 0.798. The topological polar surface area (TPSA) is 52.4 Å². The van der Waals surface area contributed by atoms with E-state index in [9.17, 15) is 10.1 Å². The predicted molar refractivity (Wildman–Crippen MR) is 68.9 cm³/mol. The van der Waals surface area contributed by atoms with E-state index in [2.05, 4.69) is 0 Å². The highest BCUT2D eigenvalue weighted by Crippen LogP contribution is 2.19. The van der Waals surface area contributed by atoms with Gasteiger partial charge < -0.3 is 4.74 Å². The van der Waals surface area contributed by atoms with Crippen molar-refractivity contribution in [2.75, 3.05) is 0 Å². The standard InChI is InChI=1S/C13H10ClNO3/c14-11-4-2-6-13(8-11)18-9-10-3-1-5-12(7-10)15(16)17/h1-8H,9H2. The number of nitro groups is 1. The van der Waals surface area contributed by atoms with E-state index in [0.717, 1.165) is 5.56 Å². The van der Waals surface area contributed by atoms with E-state index in [1.54, 1.807) is 36.4 Å². The van der Waals surface area contributed by atoms with Crippen LogP contribution in [-0.2, 0) is 6.61 Å². The first-order valence-electron chi connectivity index (χ1n) is 5.27. The van der Waals surface area contributed by atoms with Gasteiger partial charge in [-0.2, -0.15) is 0 Å². The minimum Gasteiger partial charge on any atom is -0.489 e. The molecule has 5 heteroatoms. The Morgan fingerprint density at radius 2 is 1.94 bits per heavy atom. The Kier molecular flexibility index (Phi) is 3.79. The van der Waals surface area contributed by atoms with Gasteiger partial charge in [-0.05, 0) is 23.8 Å². The fourth-order valence-electron chi connectivity index (χ4n) is 1.48. The first-order chi connectivity index (χ1) is 8.65. The van der Waals surface area contributed by atoms with Gasteiger partial charge in [-0.1, -0.05) is 29.8 Å². The van der Waals surface area contributed by atoms with Gasteiger partial charge in [0.25, 0.3) is 5.69 Å². The first kappa shape index (κ1) is 12.4. The van der Waals surface area contributed by atoms with Gasteiger partial charge in [0.1, 0.15) is 12.4 Å². The SMILES string of the molecule is O=[N+]([O-])c1cccc(COc2cccc(Cl)c2)c1. The number of hydrogen-bond donors (Lipinski definition) is 0. The van der Waals surface area contributed by atoms with Crippen molar-refractivity contribution in [3.8, 4) is 5.75 Å². The Labute approximate surface area is 109 Å². The van der Waals surface area contributed by atoms with Gasteiger partial charge in [-0.3, -0.25) is 10.1 Å². The molecule has 0 radical (unpaired) electrons. The van der Waals surface area contributed by atoms with Crippen LogP contribution in [0.2, 0.25) is 5.02 Å². The van der Waals surface area contributed by atoms with Crippen molar-refractivity contribution in [3.05, 3.63) is 69.2 Å². The number of nitro benzene ring substituents is 1. The lowest BCUT2D eigenvalue weighted by molar-refractivity contribution is -0.384. The number of halogens is 1. The Bertz CT molecular complexity index is 572. The van der Waals surface area contributed by atoms with Crippen LogP contribution < -0.4 is 4.74 Å². The van der Waals surface area contributed by atoms with Crippen LogP contribution in [0.5, 0.6) is 5.75 Å². The van der Waals surface area contributed by atoms with Crippen molar-refractivity contribution in [3.63, 3.8) is 0 Å². The smallest absolute Gasteiger partial charge is 0.269 e. The Morgan fingerprint density at radius 1 is 1.17 bits per heavy atom. The number of ether oxygens (including phenoxy) is 1. The summed E-state index contributed by atoms with van der Waals surface area (Å²) in [5.74, 6) is 0.633. The third kappa shape index (κ3) is 3.21. The van der Waals surface area contributed by atoms with Crippen molar-refractivity contribution < 1.29 is 9.66 Å². The van der Waals surface area contributed by atoms with Crippen LogP contribution in [0.3, 0.4) is 0 Å². The lowest BCUT2D eigenvalue weighted by atomic mass is 10.2. The second-order valence-corrected chi connectivity index (χ2v) is 4.11. The van der Waals surface area contributed by atoms with Gasteiger partial charge in [0.15, 0.2) is 0 Å². The maximum absolute atomic E-state index is 10.6. The van der Waals surface area contributed by atoms with Crippen LogP contribution in [0, 0.1) is 10.1 Å². The van der Waals surface area contributed by atoms with Gasteiger partial charge >= 0.3 is 0 Å². The molecule has 2 rings (SSSR count). The average Bonchev–Trinajstić information content (AvgIpc) is 2.37.